The maximum absolute atomic E-state index is 13.3. The maximum atomic E-state index is 13.3. The van der Waals surface area contributed by atoms with Gasteiger partial charge in [-0.2, -0.15) is 0 Å². The van der Waals surface area contributed by atoms with Crippen LogP contribution in [0.3, 0.4) is 0 Å². The zero-order valence-electron chi connectivity index (χ0n) is 13.0. The highest BCUT2D eigenvalue weighted by atomic mass is 19.1. The molecule has 122 valence electrons. The summed E-state index contributed by atoms with van der Waals surface area (Å²) in [5, 5.41) is 12.7. The second kappa shape index (κ2) is 8.29. The van der Waals surface area contributed by atoms with Crippen LogP contribution in [0.15, 0.2) is 48.5 Å². The second-order valence-corrected chi connectivity index (χ2v) is 5.21. The minimum absolute atomic E-state index is 0.0766. The SMILES string of the molecule is Cc1ccccc1C(O)CNC(=O)CCOc1ccccc1F. The molecule has 1 amide bonds. The first kappa shape index (κ1) is 17.0. The first-order valence-electron chi connectivity index (χ1n) is 7.45. The Morgan fingerprint density at radius 2 is 1.91 bits per heavy atom. The molecule has 1 unspecified atom stereocenters. The lowest BCUT2D eigenvalue weighted by Gasteiger charge is -2.14. The predicted molar refractivity (Wildman–Crippen MR) is 85.7 cm³/mol. The Morgan fingerprint density at radius 3 is 2.65 bits per heavy atom. The predicted octanol–water partition coefficient (Wildman–Crippen LogP) is 2.75. The number of amides is 1. The maximum Gasteiger partial charge on any atom is 0.223 e. The monoisotopic (exact) mass is 317 g/mol. The van der Waals surface area contributed by atoms with Crippen molar-refractivity contribution in [2.24, 2.45) is 0 Å². The Morgan fingerprint density at radius 1 is 1.22 bits per heavy atom. The lowest BCUT2D eigenvalue weighted by atomic mass is 10.0. The third-order valence-corrected chi connectivity index (χ3v) is 3.46. The van der Waals surface area contributed by atoms with Gasteiger partial charge in [0.25, 0.3) is 0 Å². The van der Waals surface area contributed by atoms with Crippen molar-refractivity contribution in [2.75, 3.05) is 13.2 Å². The summed E-state index contributed by atoms with van der Waals surface area (Å²) >= 11 is 0. The van der Waals surface area contributed by atoms with E-state index in [0.29, 0.717) is 0 Å². The van der Waals surface area contributed by atoms with E-state index in [1.807, 2.05) is 31.2 Å². The number of carbonyl (C=O) groups is 1. The minimum Gasteiger partial charge on any atom is -0.490 e. The molecule has 0 saturated heterocycles. The van der Waals surface area contributed by atoms with Crippen LogP contribution in [0.5, 0.6) is 5.75 Å². The number of benzene rings is 2. The van der Waals surface area contributed by atoms with Crippen LogP contribution >= 0.6 is 0 Å². The topological polar surface area (TPSA) is 58.6 Å². The molecule has 0 bridgehead atoms. The zero-order chi connectivity index (χ0) is 16.7. The highest BCUT2D eigenvalue weighted by Crippen LogP contribution is 2.17. The molecule has 0 aliphatic rings. The molecule has 0 spiro atoms. The molecular weight excluding hydrogens is 297 g/mol. The van der Waals surface area contributed by atoms with Gasteiger partial charge in [-0.25, -0.2) is 4.39 Å². The Bertz CT molecular complexity index is 660. The lowest BCUT2D eigenvalue weighted by molar-refractivity contribution is -0.122. The van der Waals surface area contributed by atoms with E-state index >= 15 is 0 Å². The zero-order valence-corrected chi connectivity index (χ0v) is 13.0. The summed E-state index contributed by atoms with van der Waals surface area (Å²) in [7, 11) is 0. The quantitative estimate of drug-likeness (QED) is 0.825. The average Bonchev–Trinajstić information content (AvgIpc) is 2.55. The van der Waals surface area contributed by atoms with E-state index < -0.39 is 11.9 Å². The molecule has 4 nitrogen and oxygen atoms in total. The summed E-state index contributed by atoms with van der Waals surface area (Å²) in [5.74, 6) is -0.586. The van der Waals surface area contributed by atoms with Gasteiger partial charge in [-0.1, -0.05) is 36.4 Å². The number of aliphatic hydroxyl groups excluding tert-OH is 1. The molecule has 0 aliphatic carbocycles. The number of aryl methyl sites for hydroxylation is 1. The second-order valence-electron chi connectivity index (χ2n) is 5.21. The smallest absolute Gasteiger partial charge is 0.223 e. The number of hydrogen-bond donors (Lipinski definition) is 2. The molecule has 0 radical (unpaired) electrons. The van der Waals surface area contributed by atoms with Gasteiger partial charge < -0.3 is 15.2 Å². The van der Waals surface area contributed by atoms with Gasteiger partial charge in [-0.15, -0.1) is 0 Å². The fourth-order valence-corrected chi connectivity index (χ4v) is 2.18. The number of nitrogens with one attached hydrogen (secondary N) is 1. The Kier molecular flexibility index (Phi) is 6.11. The van der Waals surface area contributed by atoms with Crippen molar-refractivity contribution in [2.45, 2.75) is 19.4 Å². The molecule has 5 heteroatoms. The van der Waals surface area contributed by atoms with Crippen LogP contribution in [0.1, 0.15) is 23.7 Å². The Labute approximate surface area is 134 Å². The van der Waals surface area contributed by atoms with Crippen molar-refractivity contribution < 1.29 is 19.0 Å². The molecule has 0 heterocycles. The van der Waals surface area contributed by atoms with Crippen molar-refractivity contribution in [1.82, 2.24) is 5.32 Å². The van der Waals surface area contributed by atoms with E-state index in [1.54, 1.807) is 12.1 Å². The summed E-state index contributed by atoms with van der Waals surface area (Å²) < 4.78 is 18.6. The van der Waals surface area contributed by atoms with Gasteiger partial charge in [0.05, 0.1) is 19.1 Å². The van der Waals surface area contributed by atoms with Gasteiger partial charge in [-0.3, -0.25) is 4.79 Å². The number of halogens is 1. The van der Waals surface area contributed by atoms with Crippen molar-refractivity contribution in [3.05, 3.63) is 65.5 Å². The summed E-state index contributed by atoms with van der Waals surface area (Å²) in [6.07, 6.45) is -0.665. The highest BCUT2D eigenvalue weighted by Gasteiger charge is 2.11. The third kappa shape index (κ3) is 5.07. The van der Waals surface area contributed by atoms with Gasteiger partial charge in [0, 0.05) is 6.54 Å². The lowest BCUT2D eigenvalue weighted by Crippen LogP contribution is -2.29. The van der Waals surface area contributed by atoms with Crippen LogP contribution in [0, 0.1) is 12.7 Å². The van der Waals surface area contributed by atoms with E-state index in [-0.39, 0.29) is 31.2 Å². The molecule has 0 saturated carbocycles. The molecule has 0 aliphatic heterocycles. The van der Waals surface area contributed by atoms with Crippen molar-refractivity contribution >= 4 is 5.91 Å². The van der Waals surface area contributed by atoms with Crippen LogP contribution in [0.4, 0.5) is 4.39 Å². The number of para-hydroxylation sites is 1. The molecule has 23 heavy (non-hydrogen) atoms. The fraction of sp³-hybridized carbons (Fsp3) is 0.278. The largest absolute Gasteiger partial charge is 0.490 e. The van der Waals surface area contributed by atoms with Crippen LogP contribution in [-0.4, -0.2) is 24.2 Å². The molecule has 0 fully saturated rings. The molecular formula is C18H20FNO3. The number of aliphatic hydroxyl groups is 1. The van der Waals surface area contributed by atoms with Gasteiger partial charge in [0.2, 0.25) is 5.91 Å². The van der Waals surface area contributed by atoms with Gasteiger partial charge in [0.15, 0.2) is 11.6 Å². The standard InChI is InChI=1S/C18H20FNO3/c1-13-6-2-3-7-14(13)16(21)12-20-18(22)10-11-23-17-9-5-4-8-15(17)19/h2-9,16,21H,10-12H2,1H3,(H,20,22). The molecule has 0 aromatic heterocycles. The number of carbonyl (C=O) groups excluding carboxylic acids is 1. The first-order chi connectivity index (χ1) is 11.1. The van der Waals surface area contributed by atoms with Crippen LogP contribution in [0.2, 0.25) is 0 Å². The Hall–Kier alpha value is -2.40. The van der Waals surface area contributed by atoms with E-state index in [0.717, 1.165) is 11.1 Å². The van der Waals surface area contributed by atoms with Crippen molar-refractivity contribution in [3.63, 3.8) is 0 Å². The summed E-state index contributed by atoms with van der Waals surface area (Å²) in [5.41, 5.74) is 1.76. The van der Waals surface area contributed by atoms with E-state index in [2.05, 4.69) is 5.32 Å². The third-order valence-electron chi connectivity index (χ3n) is 3.46. The summed E-state index contributed by atoms with van der Waals surface area (Å²) in [4.78, 5) is 11.7. The van der Waals surface area contributed by atoms with Gasteiger partial charge in [0.1, 0.15) is 0 Å². The number of hydrogen-bond acceptors (Lipinski definition) is 3. The summed E-state index contributed by atoms with van der Waals surface area (Å²) in [6.45, 7) is 2.11. The highest BCUT2D eigenvalue weighted by molar-refractivity contribution is 5.76. The normalized spacial score (nSPS) is 11.8. The van der Waals surface area contributed by atoms with E-state index in [4.69, 9.17) is 4.74 Å². The molecule has 2 rings (SSSR count). The van der Waals surface area contributed by atoms with E-state index in [1.165, 1.54) is 12.1 Å². The van der Waals surface area contributed by atoms with Gasteiger partial charge in [-0.05, 0) is 30.2 Å². The van der Waals surface area contributed by atoms with Gasteiger partial charge >= 0.3 is 0 Å². The number of rotatable bonds is 7. The van der Waals surface area contributed by atoms with Crippen molar-refractivity contribution in [3.8, 4) is 5.75 Å². The molecule has 1 atom stereocenters. The first-order valence-corrected chi connectivity index (χ1v) is 7.45. The van der Waals surface area contributed by atoms with E-state index in [9.17, 15) is 14.3 Å². The summed E-state index contributed by atoms with van der Waals surface area (Å²) in [6, 6.07) is 13.5. The van der Waals surface area contributed by atoms with Crippen LogP contribution in [-0.2, 0) is 4.79 Å². The molecule has 2 aromatic rings. The minimum atomic E-state index is -0.757. The average molecular weight is 317 g/mol. The van der Waals surface area contributed by atoms with Crippen molar-refractivity contribution in [1.29, 1.82) is 0 Å². The molecule has 2 aromatic carbocycles. The number of ether oxygens (including phenoxy) is 1. The Balaban J connectivity index is 1.73. The van der Waals surface area contributed by atoms with Crippen LogP contribution < -0.4 is 10.1 Å². The van der Waals surface area contributed by atoms with Crippen LogP contribution in [0.25, 0.3) is 0 Å². The molecule has 2 N–H and O–H groups in total. The fourth-order valence-electron chi connectivity index (χ4n) is 2.18.